The molecule has 4 nitrogen and oxygen atoms in total. The molecular weight excluding hydrogens is 279 g/mol. The topological polar surface area (TPSA) is 56.7 Å². The van der Waals surface area contributed by atoms with Gasteiger partial charge in [0.2, 0.25) is 0 Å². The highest BCUT2D eigenvalue weighted by molar-refractivity contribution is 5.25. The van der Waals surface area contributed by atoms with Crippen LogP contribution in [0.25, 0.3) is 0 Å². The number of hydrogen-bond donors (Lipinski definition) is 1. The van der Waals surface area contributed by atoms with Gasteiger partial charge in [-0.2, -0.15) is 0 Å². The molecule has 0 fully saturated rings. The molecule has 0 saturated carbocycles. The molecule has 0 aliphatic carbocycles. The summed E-state index contributed by atoms with van der Waals surface area (Å²) in [5.41, 5.74) is 9.52. The van der Waals surface area contributed by atoms with Crippen LogP contribution in [0.15, 0.2) is 54.6 Å². The Morgan fingerprint density at radius 3 is 2.50 bits per heavy atom. The lowest BCUT2D eigenvalue weighted by atomic mass is 10.1. The molecule has 2 aromatic carbocycles. The van der Waals surface area contributed by atoms with Crippen LogP contribution in [0.3, 0.4) is 0 Å². The van der Waals surface area contributed by atoms with Gasteiger partial charge in [0, 0.05) is 13.0 Å². The first-order valence-corrected chi connectivity index (χ1v) is 7.16. The summed E-state index contributed by atoms with van der Waals surface area (Å²) in [6, 6.07) is 16.6. The van der Waals surface area contributed by atoms with Crippen LogP contribution in [0.2, 0.25) is 0 Å². The molecule has 1 aromatic heterocycles. The van der Waals surface area contributed by atoms with Gasteiger partial charge >= 0.3 is 0 Å². The summed E-state index contributed by atoms with van der Waals surface area (Å²) in [6.07, 6.45) is 0.704. The Morgan fingerprint density at radius 2 is 1.77 bits per heavy atom. The lowest BCUT2D eigenvalue weighted by molar-refractivity contribution is 0.605. The summed E-state index contributed by atoms with van der Waals surface area (Å²) in [7, 11) is 0. The van der Waals surface area contributed by atoms with E-state index in [1.807, 2.05) is 24.3 Å². The highest BCUT2D eigenvalue weighted by Gasteiger charge is 2.12. The molecule has 5 heteroatoms. The molecule has 0 atom stereocenters. The van der Waals surface area contributed by atoms with E-state index in [2.05, 4.69) is 22.4 Å². The number of rotatable bonds is 5. The Balaban J connectivity index is 1.90. The third-order valence-corrected chi connectivity index (χ3v) is 3.55. The average Bonchev–Trinajstić information content (AvgIpc) is 2.90. The van der Waals surface area contributed by atoms with Gasteiger partial charge in [0.25, 0.3) is 0 Å². The van der Waals surface area contributed by atoms with Gasteiger partial charge in [0.05, 0.1) is 17.9 Å². The van der Waals surface area contributed by atoms with Crippen molar-refractivity contribution < 1.29 is 4.39 Å². The van der Waals surface area contributed by atoms with Gasteiger partial charge in [-0.25, -0.2) is 9.07 Å². The molecule has 3 aromatic rings. The van der Waals surface area contributed by atoms with E-state index in [-0.39, 0.29) is 5.82 Å². The third-order valence-electron chi connectivity index (χ3n) is 3.55. The lowest BCUT2D eigenvalue weighted by Gasteiger charge is -2.08. The molecule has 0 amide bonds. The fraction of sp³-hybridized carbons (Fsp3) is 0.176. The normalized spacial score (nSPS) is 10.8. The molecule has 0 aliphatic rings. The van der Waals surface area contributed by atoms with Crippen LogP contribution in [0.4, 0.5) is 4.39 Å². The van der Waals surface area contributed by atoms with Gasteiger partial charge in [0.15, 0.2) is 0 Å². The monoisotopic (exact) mass is 296 g/mol. The highest BCUT2D eigenvalue weighted by atomic mass is 19.1. The summed E-state index contributed by atoms with van der Waals surface area (Å²) in [4.78, 5) is 0. The van der Waals surface area contributed by atoms with Crippen molar-refractivity contribution in [1.29, 1.82) is 0 Å². The third kappa shape index (κ3) is 3.20. The van der Waals surface area contributed by atoms with Gasteiger partial charge in [-0.05, 0) is 23.3 Å². The van der Waals surface area contributed by atoms with Crippen LogP contribution in [0.1, 0.15) is 22.5 Å². The van der Waals surface area contributed by atoms with E-state index in [1.165, 1.54) is 17.7 Å². The minimum Gasteiger partial charge on any atom is -0.325 e. The van der Waals surface area contributed by atoms with Crippen LogP contribution < -0.4 is 5.73 Å². The molecule has 0 saturated heterocycles. The smallest absolute Gasteiger partial charge is 0.123 e. The van der Waals surface area contributed by atoms with Crippen molar-refractivity contribution in [1.82, 2.24) is 15.0 Å². The van der Waals surface area contributed by atoms with Crippen molar-refractivity contribution in [2.45, 2.75) is 19.5 Å². The Bertz CT molecular complexity index is 752. The second-order valence-electron chi connectivity index (χ2n) is 5.14. The highest BCUT2D eigenvalue weighted by Crippen LogP contribution is 2.14. The van der Waals surface area contributed by atoms with E-state index in [4.69, 9.17) is 5.73 Å². The lowest BCUT2D eigenvalue weighted by Crippen LogP contribution is -2.09. The standard InChI is InChI=1S/C17H17FN4/c18-15-8-4-7-14(9-15)12-22-17(16(11-19)20-21-22)10-13-5-2-1-3-6-13/h1-9H,10-12,19H2. The number of nitrogens with zero attached hydrogens (tertiary/aromatic N) is 3. The molecule has 0 radical (unpaired) electrons. The predicted octanol–water partition coefficient (Wildman–Crippen LogP) is 2.52. The predicted molar refractivity (Wildman–Crippen MR) is 82.7 cm³/mol. The van der Waals surface area contributed by atoms with Crippen LogP contribution in [-0.2, 0) is 19.5 Å². The van der Waals surface area contributed by atoms with Crippen molar-refractivity contribution in [2.75, 3.05) is 0 Å². The summed E-state index contributed by atoms with van der Waals surface area (Å²) < 4.78 is 15.1. The van der Waals surface area contributed by atoms with Gasteiger partial charge < -0.3 is 5.73 Å². The van der Waals surface area contributed by atoms with Crippen molar-refractivity contribution in [2.24, 2.45) is 5.73 Å². The molecule has 3 rings (SSSR count). The molecular formula is C17H17FN4. The summed E-state index contributed by atoms with van der Waals surface area (Å²) in [5.74, 6) is -0.249. The van der Waals surface area contributed by atoms with E-state index < -0.39 is 0 Å². The van der Waals surface area contributed by atoms with E-state index in [1.54, 1.807) is 10.7 Å². The molecule has 0 spiro atoms. The second kappa shape index (κ2) is 6.49. The molecule has 1 heterocycles. The molecule has 22 heavy (non-hydrogen) atoms. The van der Waals surface area contributed by atoms with E-state index >= 15 is 0 Å². The first-order chi connectivity index (χ1) is 10.8. The SMILES string of the molecule is NCc1nnn(Cc2cccc(F)c2)c1Cc1ccccc1. The van der Waals surface area contributed by atoms with Crippen molar-refractivity contribution in [3.05, 3.63) is 82.9 Å². The zero-order chi connectivity index (χ0) is 15.4. The van der Waals surface area contributed by atoms with Crippen LogP contribution in [0, 0.1) is 5.82 Å². The first kappa shape index (κ1) is 14.4. The Kier molecular flexibility index (Phi) is 4.25. The van der Waals surface area contributed by atoms with E-state index in [0.717, 1.165) is 17.0 Å². The number of aromatic nitrogens is 3. The van der Waals surface area contributed by atoms with Crippen molar-refractivity contribution >= 4 is 0 Å². The Morgan fingerprint density at radius 1 is 1.00 bits per heavy atom. The molecule has 0 bridgehead atoms. The van der Waals surface area contributed by atoms with E-state index in [9.17, 15) is 4.39 Å². The van der Waals surface area contributed by atoms with Gasteiger partial charge in [0.1, 0.15) is 5.82 Å². The number of halogens is 1. The van der Waals surface area contributed by atoms with Crippen LogP contribution in [0.5, 0.6) is 0 Å². The fourth-order valence-electron chi connectivity index (χ4n) is 2.45. The average molecular weight is 296 g/mol. The van der Waals surface area contributed by atoms with Crippen LogP contribution in [-0.4, -0.2) is 15.0 Å². The molecule has 2 N–H and O–H groups in total. The van der Waals surface area contributed by atoms with Crippen molar-refractivity contribution in [3.63, 3.8) is 0 Å². The van der Waals surface area contributed by atoms with Crippen LogP contribution >= 0.6 is 0 Å². The maximum absolute atomic E-state index is 13.3. The number of benzene rings is 2. The Hall–Kier alpha value is -2.53. The largest absolute Gasteiger partial charge is 0.325 e. The minimum absolute atomic E-state index is 0.249. The molecule has 112 valence electrons. The van der Waals surface area contributed by atoms with Crippen molar-refractivity contribution in [3.8, 4) is 0 Å². The summed E-state index contributed by atoms with van der Waals surface area (Å²) in [5, 5.41) is 8.32. The molecule has 0 unspecified atom stereocenters. The fourth-order valence-corrected chi connectivity index (χ4v) is 2.45. The summed E-state index contributed by atoms with van der Waals surface area (Å²) in [6.45, 7) is 0.818. The zero-order valence-corrected chi connectivity index (χ0v) is 12.1. The number of hydrogen-bond acceptors (Lipinski definition) is 3. The zero-order valence-electron chi connectivity index (χ0n) is 12.1. The summed E-state index contributed by atoms with van der Waals surface area (Å²) >= 11 is 0. The Labute approximate surface area is 128 Å². The maximum Gasteiger partial charge on any atom is 0.123 e. The van der Waals surface area contributed by atoms with Gasteiger partial charge in [-0.3, -0.25) is 0 Å². The van der Waals surface area contributed by atoms with E-state index in [0.29, 0.717) is 19.5 Å². The number of nitrogens with two attached hydrogens (primary N) is 1. The second-order valence-corrected chi connectivity index (χ2v) is 5.14. The first-order valence-electron chi connectivity index (χ1n) is 7.16. The van der Waals surface area contributed by atoms with Gasteiger partial charge in [-0.1, -0.05) is 47.7 Å². The van der Waals surface area contributed by atoms with Gasteiger partial charge in [-0.15, -0.1) is 5.10 Å². The maximum atomic E-state index is 13.3. The quantitative estimate of drug-likeness (QED) is 0.787. The molecule has 0 aliphatic heterocycles. The minimum atomic E-state index is -0.249.